The fraction of sp³-hybridized carbons (Fsp3) is 0.385. The van der Waals surface area contributed by atoms with Crippen molar-refractivity contribution in [3.63, 3.8) is 0 Å². The Hall–Kier alpha value is -1.64. The Morgan fingerprint density at radius 1 is 1.38 bits per heavy atom. The second-order valence-corrected chi connectivity index (χ2v) is 4.05. The highest BCUT2D eigenvalue weighted by Crippen LogP contribution is 2.29. The number of Topliss-reactive ketones (excluding diaryl/α,β-unsaturated/α-hetero) is 1. The molecule has 0 aromatic heterocycles. The van der Waals surface area contributed by atoms with Crippen molar-refractivity contribution in [2.24, 2.45) is 0 Å². The van der Waals surface area contributed by atoms with Gasteiger partial charge >= 0.3 is 0 Å². The molecule has 0 radical (unpaired) electrons. The van der Waals surface area contributed by atoms with Gasteiger partial charge in [0.2, 0.25) is 5.91 Å². The molecule has 1 aromatic carbocycles. The number of fused-ring (bicyclic) bond motifs is 1. The van der Waals surface area contributed by atoms with Crippen molar-refractivity contribution in [3.8, 4) is 0 Å². The number of nitrogens with zero attached hydrogens (tertiary/aromatic N) is 1. The topological polar surface area (TPSA) is 37.4 Å². The van der Waals surface area contributed by atoms with Crippen molar-refractivity contribution in [1.82, 2.24) is 0 Å². The Morgan fingerprint density at radius 2 is 2.12 bits per heavy atom. The second kappa shape index (κ2) is 4.08. The molecule has 0 aliphatic carbocycles. The zero-order valence-electron chi connectivity index (χ0n) is 9.62. The molecule has 0 unspecified atom stereocenters. The van der Waals surface area contributed by atoms with Gasteiger partial charge in [-0.15, -0.1) is 0 Å². The van der Waals surface area contributed by atoms with E-state index in [9.17, 15) is 9.59 Å². The van der Waals surface area contributed by atoms with Crippen LogP contribution in [0.2, 0.25) is 0 Å². The van der Waals surface area contributed by atoms with Crippen molar-refractivity contribution in [2.45, 2.75) is 26.7 Å². The van der Waals surface area contributed by atoms with E-state index in [4.69, 9.17) is 0 Å². The highest BCUT2D eigenvalue weighted by Gasteiger charge is 2.23. The first-order valence-corrected chi connectivity index (χ1v) is 5.57. The van der Waals surface area contributed by atoms with Gasteiger partial charge in [0.05, 0.1) is 0 Å². The maximum atomic E-state index is 11.7. The SMILES string of the molecule is CCC(=O)N1CCc2cc(C(C)=O)ccc21. The monoisotopic (exact) mass is 217 g/mol. The molecule has 0 bridgehead atoms. The van der Waals surface area contributed by atoms with Crippen molar-refractivity contribution < 1.29 is 9.59 Å². The van der Waals surface area contributed by atoms with Gasteiger partial charge in [-0.05, 0) is 37.1 Å². The Balaban J connectivity index is 2.36. The lowest BCUT2D eigenvalue weighted by atomic mass is 10.1. The summed E-state index contributed by atoms with van der Waals surface area (Å²) in [5, 5.41) is 0. The third-order valence-electron chi connectivity index (χ3n) is 2.99. The van der Waals surface area contributed by atoms with Crippen molar-refractivity contribution in [3.05, 3.63) is 29.3 Å². The van der Waals surface area contributed by atoms with Gasteiger partial charge in [0.25, 0.3) is 0 Å². The van der Waals surface area contributed by atoms with Crippen molar-refractivity contribution in [1.29, 1.82) is 0 Å². The van der Waals surface area contributed by atoms with Crippen LogP contribution in [-0.2, 0) is 11.2 Å². The zero-order chi connectivity index (χ0) is 11.7. The van der Waals surface area contributed by atoms with Crippen LogP contribution in [0.3, 0.4) is 0 Å². The third-order valence-corrected chi connectivity index (χ3v) is 2.99. The van der Waals surface area contributed by atoms with Crippen molar-refractivity contribution in [2.75, 3.05) is 11.4 Å². The minimum atomic E-state index is 0.0723. The van der Waals surface area contributed by atoms with Crippen LogP contribution in [0.4, 0.5) is 5.69 Å². The second-order valence-electron chi connectivity index (χ2n) is 4.05. The molecule has 1 amide bonds. The van der Waals surface area contributed by atoms with E-state index in [1.807, 2.05) is 19.1 Å². The first kappa shape index (κ1) is 10.9. The molecule has 0 N–H and O–H groups in total. The number of carbonyl (C=O) groups excluding carboxylic acids is 2. The molecule has 3 heteroatoms. The molecule has 1 aromatic rings. The predicted molar refractivity (Wildman–Crippen MR) is 62.8 cm³/mol. The summed E-state index contributed by atoms with van der Waals surface area (Å²) in [6, 6.07) is 5.58. The average molecular weight is 217 g/mol. The Kier molecular flexibility index (Phi) is 2.77. The van der Waals surface area contributed by atoms with Crippen LogP contribution >= 0.6 is 0 Å². The highest BCUT2D eigenvalue weighted by atomic mass is 16.2. The summed E-state index contributed by atoms with van der Waals surface area (Å²) >= 11 is 0. The van der Waals surface area contributed by atoms with Gasteiger partial charge in [-0.25, -0.2) is 0 Å². The molecule has 0 atom stereocenters. The van der Waals surface area contributed by atoms with E-state index in [1.165, 1.54) is 0 Å². The minimum Gasteiger partial charge on any atom is -0.312 e. The Labute approximate surface area is 95.1 Å². The maximum Gasteiger partial charge on any atom is 0.226 e. The van der Waals surface area contributed by atoms with Gasteiger partial charge in [0.15, 0.2) is 5.78 Å². The Morgan fingerprint density at radius 3 is 2.75 bits per heavy atom. The first-order chi connectivity index (χ1) is 7.63. The lowest BCUT2D eigenvalue weighted by Crippen LogP contribution is -2.27. The number of carbonyl (C=O) groups is 2. The van der Waals surface area contributed by atoms with E-state index in [1.54, 1.807) is 17.9 Å². The summed E-state index contributed by atoms with van der Waals surface area (Å²) in [7, 11) is 0. The number of anilines is 1. The largest absolute Gasteiger partial charge is 0.312 e. The van der Waals surface area contributed by atoms with Gasteiger partial charge in [0, 0.05) is 24.2 Å². The fourth-order valence-electron chi connectivity index (χ4n) is 2.07. The van der Waals surface area contributed by atoms with Gasteiger partial charge in [-0.2, -0.15) is 0 Å². The molecule has 3 nitrogen and oxygen atoms in total. The Bertz CT molecular complexity index is 451. The number of hydrogen-bond acceptors (Lipinski definition) is 2. The number of ketones is 1. The molecule has 0 spiro atoms. The molecule has 2 rings (SSSR count). The van der Waals surface area contributed by atoms with Gasteiger partial charge in [0.1, 0.15) is 0 Å². The van der Waals surface area contributed by atoms with E-state index in [0.717, 1.165) is 29.8 Å². The van der Waals surface area contributed by atoms with E-state index in [0.29, 0.717) is 6.42 Å². The molecule has 1 aliphatic rings. The summed E-state index contributed by atoms with van der Waals surface area (Å²) in [5.74, 6) is 0.220. The normalized spacial score (nSPS) is 13.8. The molecule has 0 saturated heterocycles. The van der Waals surface area contributed by atoms with E-state index in [2.05, 4.69) is 0 Å². The summed E-state index contributed by atoms with van der Waals surface area (Å²) in [6.45, 7) is 4.17. The lowest BCUT2D eigenvalue weighted by molar-refractivity contribution is -0.118. The predicted octanol–water partition coefficient (Wildman–Crippen LogP) is 2.19. The van der Waals surface area contributed by atoms with Crippen LogP contribution < -0.4 is 4.90 Å². The molecule has 1 aliphatic heterocycles. The van der Waals surface area contributed by atoms with E-state index in [-0.39, 0.29) is 11.7 Å². The maximum absolute atomic E-state index is 11.7. The number of amides is 1. The van der Waals surface area contributed by atoms with Crippen LogP contribution in [0.1, 0.15) is 36.2 Å². The minimum absolute atomic E-state index is 0.0723. The quantitative estimate of drug-likeness (QED) is 0.712. The van der Waals surface area contributed by atoms with E-state index >= 15 is 0 Å². The van der Waals surface area contributed by atoms with Crippen molar-refractivity contribution >= 4 is 17.4 Å². The lowest BCUT2D eigenvalue weighted by Gasteiger charge is -2.16. The summed E-state index contributed by atoms with van der Waals surface area (Å²) in [5.41, 5.74) is 2.80. The molecule has 0 fully saturated rings. The fourth-order valence-corrected chi connectivity index (χ4v) is 2.07. The number of benzene rings is 1. The van der Waals surface area contributed by atoms with Gasteiger partial charge in [-0.3, -0.25) is 9.59 Å². The average Bonchev–Trinajstić information content (AvgIpc) is 2.70. The summed E-state index contributed by atoms with van der Waals surface area (Å²) in [4.78, 5) is 24.7. The van der Waals surface area contributed by atoms with Gasteiger partial charge < -0.3 is 4.90 Å². The molecular formula is C13H15NO2. The zero-order valence-corrected chi connectivity index (χ0v) is 9.62. The number of rotatable bonds is 2. The highest BCUT2D eigenvalue weighted by molar-refractivity contribution is 5.98. The van der Waals surface area contributed by atoms with Crippen LogP contribution in [0.25, 0.3) is 0 Å². The first-order valence-electron chi connectivity index (χ1n) is 5.57. The molecule has 1 heterocycles. The summed E-state index contributed by atoms with van der Waals surface area (Å²) in [6.07, 6.45) is 1.37. The smallest absolute Gasteiger partial charge is 0.226 e. The van der Waals surface area contributed by atoms with Gasteiger partial charge in [-0.1, -0.05) is 6.92 Å². The standard InChI is InChI=1S/C13H15NO2/c1-3-13(16)14-7-6-11-8-10(9(2)15)4-5-12(11)14/h4-5,8H,3,6-7H2,1-2H3. The van der Waals surface area contributed by atoms with Crippen LogP contribution in [0, 0.1) is 0 Å². The van der Waals surface area contributed by atoms with Crippen LogP contribution in [0.5, 0.6) is 0 Å². The molecular weight excluding hydrogens is 202 g/mol. The van der Waals surface area contributed by atoms with Crippen LogP contribution in [-0.4, -0.2) is 18.2 Å². The molecule has 84 valence electrons. The molecule has 16 heavy (non-hydrogen) atoms. The van der Waals surface area contributed by atoms with Crippen LogP contribution in [0.15, 0.2) is 18.2 Å². The number of hydrogen-bond donors (Lipinski definition) is 0. The third kappa shape index (κ3) is 1.73. The van der Waals surface area contributed by atoms with E-state index < -0.39 is 0 Å². The summed E-state index contributed by atoms with van der Waals surface area (Å²) < 4.78 is 0. The molecule has 0 saturated carbocycles.